The van der Waals surface area contributed by atoms with Crippen LogP contribution in [0.25, 0.3) is 0 Å². The van der Waals surface area contributed by atoms with Crippen molar-refractivity contribution >= 4 is 5.69 Å². The molecule has 0 spiro atoms. The van der Waals surface area contributed by atoms with E-state index in [1.165, 1.54) is 147 Å². The molecule has 0 aliphatic heterocycles. The monoisotopic (exact) mass is 559 g/mol. The van der Waals surface area contributed by atoms with Gasteiger partial charge in [0, 0.05) is 42.0 Å². The Morgan fingerprint density at radius 2 is 0.829 bits per heavy atom. The van der Waals surface area contributed by atoms with Gasteiger partial charge in [-0.2, -0.15) is 0 Å². The number of hydrogen-bond acceptors (Lipinski definition) is 1. The maximum Gasteiger partial charge on any atom is 0.170 e. The Morgan fingerprint density at radius 3 is 1.22 bits per heavy atom. The first-order chi connectivity index (χ1) is 20.3. The van der Waals surface area contributed by atoms with E-state index < -0.39 is 0 Å². The number of aromatic nitrogens is 1. The SMILES string of the molecule is CCCCCCCCCCCCN(CCCCCCCCCCCC)c1ccc(C#Cc2cc[n+](CC)cc2)cc1. The Balaban J connectivity index is 1.79. The Hall–Kier alpha value is -2.27. The average Bonchev–Trinajstić information content (AvgIpc) is 3.01. The normalized spacial score (nSPS) is 10.9. The van der Waals surface area contributed by atoms with Gasteiger partial charge in [-0.05, 0) is 44.0 Å². The first-order valence-electron chi connectivity index (χ1n) is 17.6. The van der Waals surface area contributed by atoms with Gasteiger partial charge in [0.05, 0.1) is 0 Å². The molecule has 2 aromatic rings. The van der Waals surface area contributed by atoms with E-state index >= 15 is 0 Å². The summed E-state index contributed by atoms with van der Waals surface area (Å²) in [6.07, 6.45) is 32.1. The highest BCUT2D eigenvalue weighted by molar-refractivity contribution is 5.51. The highest BCUT2D eigenvalue weighted by Crippen LogP contribution is 2.19. The van der Waals surface area contributed by atoms with Gasteiger partial charge in [-0.3, -0.25) is 0 Å². The molecule has 2 rings (SSSR count). The Bertz CT molecular complexity index is 895. The second-order valence-corrected chi connectivity index (χ2v) is 12.1. The first kappa shape index (κ1) is 34.9. The fourth-order valence-corrected chi connectivity index (χ4v) is 5.60. The summed E-state index contributed by atoms with van der Waals surface area (Å²) >= 11 is 0. The summed E-state index contributed by atoms with van der Waals surface area (Å²) in [7, 11) is 0. The molecule has 1 aromatic carbocycles. The van der Waals surface area contributed by atoms with Gasteiger partial charge in [0.2, 0.25) is 0 Å². The quantitative estimate of drug-likeness (QED) is 0.0704. The number of anilines is 1. The molecule has 0 saturated heterocycles. The highest BCUT2D eigenvalue weighted by atomic mass is 15.1. The minimum Gasteiger partial charge on any atom is -0.372 e. The summed E-state index contributed by atoms with van der Waals surface area (Å²) in [6.45, 7) is 10.1. The summed E-state index contributed by atoms with van der Waals surface area (Å²) in [5.41, 5.74) is 3.53. The fourth-order valence-electron chi connectivity index (χ4n) is 5.60. The number of hydrogen-bond donors (Lipinski definition) is 0. The Morgan fingerprint density at radius 1 is 0.463 bits per heavy atom. The van der Waals surface area contributed by atoms with E-state index in [0.717, 1.165) is 17.7 Å². The highest BCUT2D eigenvalue weighted by Gasteiger charge is 2.07. The van der Waals surface area contributed by atoms with Crippen LogP contribution >= 0.6 is 0 Å². The zero-order valence-corrected chi connectivity index (χ0v) is 27.3. The van der Waals surface area contributed by atoms with E-state index in [2.05, 4.69) is 90.9 Å². The Kier molecular flexibility index (Phi) is 20.7. The zero-order chi connectivity index (χ0) is 29.2. The van der Waals surface area contributed by atoms with Crippen molar-refractivity contribution in [3.63, 3.8) is 0 Å². The predicted molar refractivity (Wildman–Crippen MR) is 181 cm³/mol. The van der Waals surface area contributed by atoms with Crippen LogP contribution in [0.3, 0.4) is 0 Å². The van der Waals surface area contributed by atoms with Gasteiger partial charge < -0.3 is 4.90 Å². The third kappa shape index (κ3) is 17.3. The maximum atomic E-state index is 3.36. The number of benzene rings is 1. The lowest BCUT2D eigenvalue weighted by Crippen LogP contribution is -2.30. The molecule has 0 bridgehead atoms. The lowest BCUT2D eigenvalue weighted by atomic mass is 10.1. The number of pyridine rings is 1. The van der Waals surface area contributed by atoms with Crippen LogP contribution in [0.1, 0.15) is 160 Å². The van der Waals surface area contributed by atoms with Gasteiger partial charge in [0.15, 0.2) is 12.4 Å². The average molecular weight is 560 g/mol. The molecule has 0 radical (unpaired) electrons. The van der Waals surface area contributed by atoms with E-state index in [0.29, 0.717) is 0 Å². The van der Waals surface area contributed by atoms with Gasteiger partial charge >= 0.3 is 0 Å². The van der Waals surface area contributed by atoms with Crippen molar-refractivity contribution in [2.45, 2.75) is 156 Å². The summed E-state index contributed by atoms with van der Waals surface area (Å²) in [4.78, 5) is 2.65. The van der Waals surface area contributed by atoms with Crippen LogP contribution in [0.15, 0.2) is 48.8 Å². The largest absolute Gasteiger partial charge is 0.372 e. The van der Waals surface area contributed by atoms with E-state index in [9.17, 15) is 0 Å². The molecular formula is C39H63N2+. The van der Waals surface area contributed by atoms with Crippen LogP contribution in [0.5, 0.6) is 0 Å². The first-order valence-corrected chi connectivity index (χ1v) is 17.6. The molecule has 1 aromatic heterocycles. The molecule has 0 saturated carbocycles. The van der Waals surface area contributed by atoms with Crippen molar-refractivity contribution in [2.24, 2.45) is 0 Å². The number of aryl methyl sites for hydroxylation is 1. The van der Waals surface area contributed by atoms with Gasteiger partial charge in [0.1, 0.15) is 6.54 Å². The molecule has 0 aliphatic rings. The number of rotatable bonds is 24. The van der Waals surface area contributed by atoms with E-state index in [1.54, 1.807) is 0 Å². The van der Waals surface area contributed by atoms with Crippen molar-refractivity contribution in [1.82, 2.24) is 0 Å². The maximum absolute atomic E-state index is 3.36. The summed E-state index contributed by atoms with van der Waals surface area (Å²) in [5, 5.41) is 0. The lowest BCUT2D eigenvalue weighted by molar-refractivity contribution is -0.693. The smallest absolute Gasteiger partial charge is 0.170 e. The minimum atomic E-state index is 0.990. The molecule has 1 heterocycles. The van der Waals surface area contributed by atoms with E-state index in [4.69, 9.17) is 0 Å². The van der Waals surface area contributed by atoms with Crippen LogP contribution in [-0.2, 0) is 6.54 Å². The predicted octanol–water partition coefficient (Wildman–Crippen LogP) is 11.0. The molecule has 0 unspecified atom stereocenters. The topological polar surface area (TPSA) is 7.12 Å². The van der Waals surface area contributed by atoms with Crippen molar-refractivity contribution in [1.29, 1.82) is 0 Å². The standard InChI is InChI=1S/C39H63N2/c1-4-7-9-11-13-15-17-19-21-23-33-41(34-24-22-20-18-16-14-12-10-8-5-2)39-29-27-37(28-30-39)25-26-38-31-35-40(6-3)36-32-38/h27-32,35-36H,4-24,33-34H2,1-3H3/q+1. The fraction of sp³-hybridized carbons (Fsp3) is 0.667. The summed E-state index contributed by atoms with van der Waals surface area (Å²) in [6, 6.07) is 13.2. The number of nitrogens with zero attached hydrogens (tertiary/aromatic N) is 2. The zero-order valence-electron chi connectivity index (χ0n) is 27.3. The molecule has 228 valence electrons. The van der Waals surface area contributed by atoms with Crippen molar-refractivity contribution in [3.8, 4) is 11.8 Å². The third-order valence-electron chi connectivity index (χ3n) is 8.40. The molecule has 0 fully saturated rings. The molecule has 0 aliphatic carbocycles. The molecular weight excluding hydrogens is 496 g/mol. The van der Waals surface area contributed by atoms with Gasteiger partial charge in [-0.1, -0.05) is 141 Å². The second kappa shape index (κ2) is 24.3. The minimum absolute atomic E-state index is 0.990. The molecule has 41 heavy (non-hydrogen) atoms. The molecule has 0 N–H and O–H groups in total. The van der Waals surface area contributed by atoms with E-state index in [1.807, 2.05) is 0 Å². The second-order valence-electron chi connectivity index (χ2n) is 12.1. The van der Waals surface area contributed by atoms with Crippen LogP contribution in [0.4, 0.5) is 5.69 Å². The van der Waals surface area contributed by atoms with Crippen LogP contribution in [0.2, 0.25) is 0 Å². The van der Waals surface area contributed by atoms with Gasteiger partial charge in [-0.15, -0.1) is 0 Å². The summed E-state index contributed by atoms with van der Waals surface area (Å²) in [5.74, 6) is 6.69. The Labute approximate surface area is 255 Å². The number of unbranched alkanes of at least 4 members (excludes halogenated alkanes) is 18. The van der Waals surface area contributed by atoms with E-state index in [-0.39, 0.29) is 0 Å². The third-order valence-corrected chi connectivity index (χ3v) is 8.40. The van der Waals surface area contributed by atoms with Crippen molar-refractivity contribution < 1.29 is 4.57 Å². The van der Waals surface area contributed by atoms with Crippen molar-refractivity contribution in [3.05, 3.63) is 59.9 Å². The van der Waals surface area contributed by atoms with Crippen LogP contribution in [0, 0.1) is 11.8 Å². The molecule has 2 heteroatoms. The van der Waals surface area contributed by atoms with Crippen LogP contribution < -0.4 is 9.47 Å². The van der Waals surface area contributed by atoms with Crippen molar-refractivity contribution in [2.75, 3.05) is 18.0 Å². The van der Waals surface area contributed by atoms with Gasteiger partial charge in [-0.25, -0.2) is 4.57 Å². The molecule has 0 atom stereocenters. The lowest BCUT2D eigenvalue weighted by Gasteiger charge is -2.25. The molecule has 0 amide bonds. The van der Waals surface area contributed by atoms with Gasteiger partial charge in [0.25, 0.3) is 0 Å². The molecule has 2 nitrogen and oxygen atoms in total. The van der Waals surface area contributed by atoms with Crippen LogP contribution in [-0.4, -0.2) is 13.1 Å². The summed E-state index contributed by atoms with van der Waals surface area (Å²) < 4.78 is 2.16.